The van der Waals surface area contributed by atoms with E-state index in [1.165, 1.54) is 4.90 Å². The lowest BCUT2D eigenvalue weighted by atomic mass is 10.1. The molecular weight excluding hydrogens is 440 g/mol. The first-order valence-corrected chi connectivity index (χ1v) is 11.0. The summed E-state index contributed by atoms with van der Waals surface area (Å²) in [5.74, 6) is 2.35. The standard InChI is InChI=1S/C24H24N4O6/c29-13-17(30)14-34-22-3-1-2-21(26-22)27-24(31)28-9-11-33-20-7-5-18(25-23(20)28)15-4-6-19-16(12-15)8-10-32-19/h1-7,12,17,29-30H,8-11,13-14H2,(H,26,27,31)/t17-/m1/s1. The fourth-order valence-electron chi connectivity index (χ4n) is 3.77. The van der Waals surface area contributed by atoms with Crippen LogP contribution in [0.1, 0.15) is 5.56 Å². The van der Waals surface area contributed by atoms with E-state index in [-0.39, 0.29) is 18.3 Å². The SMILES string of the molecule is O=C(Nc1cccc(OC[C@H](O)CO)n1)N1CCOc2ccc(-c3ccc4c(c3)CCO4)nc21. The number of pyridine rings is 2. The van der Waals surface area contributed by atoms with Gasteiger partial charge in [-0.2, -0.15) is 4.98 Å². The van der Waals surface area contributed by atoms with Crippen LogP contribution in [-0.2, 0) is 6.42 Å². The molecule has 0 fully saturated rings. The zero-order valence-corrected chi connectivity index (χ0v) is 18.3. The van der Waals surface area contributed by atoms with Crippen LogP contribution >= 0.6 is 0 Å². The van der Waals surface area contributed by atoms with Crippen LogP contribution in [0.4, 0.5) is 16.4 Å². The Bertz CT molecular complexity index is 1200. The van der Waals surface area contributed by atoms with E-state index < -0.39 is 18.7 Å². The van der Waals surface area contributed by atoms with Crippen LogP contribution in [0.2, 0.25) is 0 Å². The number of rotatable bonds is 6. The molecule has 176 valence electrons. The molecule has 10 heteroatoms. The van der Waals surface area contributed by atoms with Crippen molar-refractivity contribution < 1.29 is 29.2 Å². The van der Waals surface area contributed by atoms with Crippen molar-refractivity contribution in [3.63, 3.8) is 0 Å². The second-order valence-corrected chi connectivity index (χ2v) is 7.88. The maximum absolute atomic E-state index is 13.1. The van der Waals surface area contributed by atoms with Crippen molar-refractivity contribution >= 4 is 17.7 Å². The summed E-state index contributed by atoms with van der Waals surface area (Å²) in [5, 5.41) is 21.1. The lowest BCUT2D eigenvalue weighted by molar-refractivity contribution is 0.0521. The first-order valence-electron chi connectivity index (χ1n) is 11.0. The second-order valence-electron chi connectivity index (χ2n) is 7.88. The minimum atomic E-state index is -1.01. The fourth-order valence-corrected chi connectivity index (χ4v) is 3.77. The highest BCUT2D eigenvalue weighted by Crippen LogP contribution is 2.35. The summed E-state index contributed by atoms with van der Waals surface area (Å²) in [5.41, 5.74) is 2.81. The van der Waals surface area contributed by atoms with E-state index >= 15 is 0 Å². The summed E-state index contributed by atoms with van der Waals surface area (Å²) in [7, 11) is 0. The van der Waals surface area contributed by atoms with E-state index in [0.29, 0.717) is 31.3 Å². The molecule has 0 saturated heterocycles. The van der Waals surface area contributed by atoms with Gasteiger partial charge in [-0.25, -0.2) is 9.78 Å². The number of aliphatic hydroxyl groups excluding tert-OH is 2. The van der Waals surface area contributed by atoms with Gasteiger partial charge in [0.15, 0.2) is 11.6 Å². The number of amides is 2. The summed E-state index contributed by atoms with van der Waals surface area (Å²) in [4.78, 5) is 23.6. The van der Waals surface area contributed by atoms with Gasteiger partial charge in [0.2, 0.25) is 5.88 Å². The molecule has 4 heterocycles. The van der Waals surface area contributed by atoms with Crippen LogP contribution < -0.4 is 24.4 Å². The van der Waals surface area contributed by atoms with Gasteiger partial charge in [-0.1, -0.05) is 6.07 Å². The van der Waals surface area contributed by atoms with Crippen molar-refractivity contribution in [2.75, 3.05) is 43.2 Å². The quantitative estimate of drug-likeness (QED) is 0.507. The number of nitrogens with zero attached hydrogens (tertiary/aromatic N) is 3. The number of carbonyl (C=O) groups is 1. The highest BCUT2D eigenvalue weighted by Gasteiger charge is 2.26. The zero-order chi connectivity index (χ0) is 23.5. The summed E-state index contributed by atoms with van der Waals surface area (Å²) in [6.45, 7) is 0.820. The Hall–Kier alpha value is -3.89. The van der Waals surface area contributed by atoms with E-state index in [0.717, 1.165) is 29.0 Å². The maximum atomic E-state index is 13.1. The molecule has 10 nitrogen and oxygen atoms in total. The molecule has 0 aliphatic carbocycles. The number of ether oxygens (including phenoxy) is 3. The van der Waals surface area contributed by atoms with Gasteiger partial charge in [0.1, 0.15) is 30.9 Å². The van der Waals surface area contributed by atoms with Crippen molar-refractivity contribution in [2.24, 2.45) is 0 Å². The van der Waals surface area contributed by atoms with Crippen LogP contribution in [0.5, 0.6) is 17.4 Å². The topological polar surface area (TPSA) is 126 Å². The van der Waals surface area contributed by atoms with Crippen LogP contribution in [0.25, 0.3) is 11.3 Å². The Morgan fingerprint density at radius 1 is 1.12 bits per heavy atom. The van der Waals surface area contributed by atoms with Crippen molar-refractivity contribution in [2.45, 2.75) is 12.5 Å². The predicted molar refractivity (Wildman–Crippen MR) is 124 cm³/mol. The van der Waals surface area contributed by atoms with Crippen LogP contribution in [0, 0.1) is 0 Å². The average Bonchev–Trinajstić information content (AvgIpc) is 3.35. The molecule has 3 N–H and O–H groups in total. The van der Waals surface area contributed by atoms with Gasteiger partial charge in [-0.15, -0.1) is 0 Å². The van der Waals surface area contributed by atoms with Crippen molar-refractivity contribution in [1.29, 1.82) is 0 Å². The number of hydrogen-bond acceptors (Lipinski definition) is 8. The third-order valence-electron chi connectivity index (χ3n) is 5.49. The van der Waals surface area contributed by atoms with Crippen molar-refractivity contribution in [3.8, 4) is 28.6 Å². The smallest absolute Gasteiger partial charge is 0.328 e. The molecule has 3 aromatic rings. The van der Waals surface area contributed by atoms with E-state index in [4.69, 9.17) is 24.3 Å². The largest absolute Gasteiger partial charge is 0.493 e. The summed E-state index contributed by atoms with van der Waals surface area (Å²) in [6, 6.07) is 14.1. The van der Waals surface area contributed by atoms with Crippen LogP contribution in [-0.4, -0.2) is 65.3 Å². The molecular formula is C24H24N4O6. The van der Waals surface area contributed by atoms with Crippen molar-refractivity contribution in [1.82, 2.24) is 9.97 Å². The molecule has 0 saturated carbocycles. The molecule has 2 aliphatic heterocycles. The van der Waals surface area contributed by atoms with E-state index in [2.05, 4.69) is 16.4 Å². The molecule has 1 aromatic carbocycles. The number of aliphatic hydroxyl groups is 2. The summed E-state index contributed by atoms with van der Waals surface area (Å²) < 4.78 is 16.7. The van der Waals surface area contributed by atoms with Crippen molar-refractivity contribution in [3.05, 3.63) is 54.1 Å². The number of carbonyl (C=O) groups excluding carboxylic acids is 1. The highest BCUT2D eigenvalue weighted by molar-refractivity contribution is 6.02. The minimum Gasteiger partial charge on any atom is -0.493 e. The third kappa shape index (κ3) is 4.59. The van der Waals surface area contributed by atoms with Gasteiger partial charge < -0.3 is 24.4 Å². The molecule has 34 heavy (non-hydrogen) atoms. The molecule has 1 atom stereocenters. The summed E-state index contributed by atoms with van der Waals surface area (Å²) >= 11 is 0. The van der Waals surface area contributed by atoms with E-state index in [1.54, 1.807) is 18.2 Å². The highest BCUT2D eigenvalue weighted by atomic mass is 16.5. The Morgan fingerprint density at radius 2 is 1.97 bits per heavy atom. The number of fused-ring (bicyclic) bond motifs is 2. The number of hydrogen-bond donors (Lipinski definition) is 3. The molecule has 0 bridgehead atoms. The Balaban J connectivity index is 1.35. The lowest BCUT2D eigenvalue weighted by Crippen LogP contribution is -2.41. The van der Waals surface area contributed by atoms with E-state index in [1.807, 2.05) is 24.3 Å². The normalized spacial score (nSPS) is 14.9. The first kappa shape index (κ1) is 21.9. The predicted octanol–water partition coefficient (Wildman–Crippen LogP) is 2.24. The first-order chi connectivity index (χ1) is 16.6. The number of benzene rings is 1. The van der Waals surface area contributed by atoms with Crippen LogP contribution in [0.3, 0.4) is 0 Å². The number of aromatic nitrogens is 2. The molecule has 0 radical (unpaired) electrons. The van der Waals surface area contributed by atoms with Crippen LogP contribution in [0.15, 0.2) is 48.5 Å². The molecule has 2 amide bonds. The monoisotopic (exact) mass is 464 g/mol. The maximum Gasteiger partial charge on any atom is 0.328 e. The van der Waals surface area contributed by atoms with Gasteiger partial charge in [0.05, 0.1) is 25.5 Å². The Morgan fingerprint density at radius 3 is 2.85 bits per heavy atom. The molecule has 0 unspecified atom stereocenters. The number of anilines is 2. The minimum absolute atomic E-state index is 0.112. The summed E-state index contributed by atoms with van der Waals surface area (Å²) in [6.07, 6.45) is -0.149. The van der Waals surface area contributed by atoms with Gasteiger partial charge in [-0.3, -0.25) is 10.2 Å². The Kier molecular flexibility index (Phi) is 6.15. The molecule has 2 aliphatic rings. The van der Waals surface area contributed by atoms with Gasteiger partial charge in [0.25, 0.3) is 0 Å². The Labute approximate surface area is 195 Å². The zero-order valence-electron chi connectivity index (χ0n) is 18.3. The molecule has 5 rings (SSSR count). The lowest BCUT2D eigenvalue weighted by Gasteiger charge is -2.28. The fraction of sp³-hybridized carbons (Fsp3) is 0.292. The number of nitrogens with one attached hydrogen (secondary N) is 1. The molecule has 2 aromatic heterocycles. The number of urea groups is 1. The van der Waals surface area contributed by atoms with Gasteiger partial charge >= 0.3 is 6.03 Å². The van der Waals surface area contributed by atoms with Gasteiger partial charge in [-0.05, 0) is 42.0 Å². The van der Waals surface area contributed by atoms with Gasteiger partial charge in [0, 0.05) is 18.1 Å². The van der Waals surface area contributed by atoms with E-state index in [9.17, 15) is 9.90 Å². The third-order valence-corrected chi connectivity index (χ3v) is 5.49. The molecule has 0 spiro atoms. The second kappa shape index (κ2) is 9.54. The average molecular weight is 464 g/mol.